The van der Waals surface area contributed by atoms with Gasteiger partial charge in [0.2, 0.25) is 0 Å². The van der Waals surface area contributed by atoms with E-state index in [0.717, 1.165) is 25.7 Å². The zero-order chi connectivity index (χ0) is 14.4. The molecule has 0 aliphatic heterocycles. The first kappa shape index (κ1) is 18.4. The molecule has 0 amide bonds. The first-order valence-electron chi connectivity index (χ1n) is 5.26. The number of halogens is 2. The topological polar surface area (TPSA) is 89.5 Å². The maximum Gasteiger partial charge on any atom is 0.336 e. The summed E-state index contributed by atoms with van der Waals surface area (Å²) in [4.78, 5) is 0. The average Bonchev–Trinajstić information content (AvgIpc) is 2.14. The Morgan fingerprint density at radius 1 is 1.06 bits per heavy atom. The van der Waals surface area contributed by atoms with Crippen LogP contribution in [0.4, 0.5) is 0 Å². The summed E-state index contributed by atoms with van der Waals surface area (Å²) < 4.78 is 47.8. The highest BCUT2D eigenvalue weighted by Crippen LogP contribution is 2.31. The lowest BCUT2D eigenvalue weighted by Crippen LogP contribution is -2.37. The molecule has 0 atom stereocenters. The third-order valence-electron chi connectivity index (χ3n) is 2.47. The molecule has 0 spiro atoms. The van der Waals surface area contributed by atoms with Crippen molar-refractivity contribution in [3.8, 4) is 0 Å². The van der Waals surface area contributed by atoms with Crippen molar-refractivity contribution < 1.29 is 21.0 Å². The van der Waals surface area contributed by atoms with E-state index in [1.807, 2.05) is 6.92 Å². The fraction of sp³-hybridized carbons (Fsp3) is 1.00. The molecule has 0 unspecified atom stereocenters. The predicted molar refractivity (Wildman–Crippen MR) is 71.2 cm³/mol. The van der Waals surface area contributed by atoms with Crippen LogP contribution in [0, 0.1) is 0 Å². The van der Waals surface area contributed by atoms with Crippen LogP contribution < -0.4 is 4.72 Å². The highest BCUT2D eigenvalue weighted by molar-refractivity contribution is 8.31. The van der Waals surface area contributed by atoms with Gasteiger partial charge in [0.1, 0.15) is 0 Å². The standard InChI is InChI=1S/C8H17NO3S.Cl2O2S/c1-8(6-4-3-5-7-8)12-13(10,11)9-2;1-5(2,3)4/h9H,3-7H2,1-2H3;. The van der Waals surface area contributed by atoms with Crippen LogP contribution in [0.3, 0.4) is 0 Å². The van der Waals surface area contributed by atoms with E-state index >= 15 is 0 Å². The van der Waals surface area contributed by atoms with Gasteiger partial charge in [0.15, 0.2) is 0 Å². The molecule has 6 nitrogen and oxygen atoms in total. The van der Waals surface area contributed by atoms with Crippen molar-refractivity contribution >= 4 is 39.9 Å². The van der Waals surface area contributed by atoms with E-state index in [4.69, 9.17) is 12.6 Å². The van der Waals surface area contributed by atoms with Gasteiger partial charge in [-0.3, -0.25) is 4.18 Å². The van der Waals surface area contributed by atoms with Crippen molar-refractivity contribution in [2.24, 2.45) is 0 Å². The Kier molecular flexibility index (Phi) is 7.42. The van der Waals surface area contributed by atoms with Crippen molar-refractivity contribution in [1.29, 1.82) is 0 Å². The summed E-state index contributed by atoms with van der Waals surface area (Å²) in [6.45, 7) is 1.86. The Balaban J connectivity index is 0.000000494. The quantitative estimate of drug-likeness (QED) is 0.791. The molecule has 110 valence electrons. The average molecular weight is 342 g/mol. The maximum absolute atomic E-state index is 11.1. The van der Waals surface area contributed by atoms with Gasteiger partial charge >= 0.3 is 18.6 Å². The summed E-state index contributed by atoms with van der Waals surface area (Å²) in [6, 6.07) is 0. The molecule has 0 aromatic carbocycles. The van der Waals surface area contributed by atoms with Crippen molar-refractivity contribution in [2.75, 3.05) is 7.05 Å². The van der Waals surface area contributed by atoms with Gasteiger partial charge in [-0.05, 0) is 19.8 Å². The molecule has 1 saturated carbocycles. The van der Waals surface area contributed by atoms with Gasteiger partial charge in [0.05, 0.1) is 5.60 Å². The van der Waals surface area contributed by atoms with E-state index < -0.39 is 24.2 Å². The molecule has 1 aliphatic carbocycles. The van der Waals surface area contributed by atoms with Gasteiger partial charge in [0, 0.05) is 28.4 Å². The summed E-state index contributed by atoms with van der Waals surface area (Å²) in [6.07, 6.45) is 4.94. The normalized spacial score (nSPS) is 19.8. The molecule has 0 bridgehead atoms. The summed E-state index contributed by atoms with van der Waals surface area (Å²) in [7, 11) is 2.65. The first-order chi connectivity index (χ1) is 7.97. The molecule has 0 saturated heterocycles. The van der Waals surface area contributed by atoms with Crippen LogP contribution >= 0.6 is 21.4 Å². The molecule has 0 aromatic heterocycles. The smallest absolute Gasteiger partial charge is 0.252 e. The van der Waals surface area contributed by atoms with Crippen LogP contribution in [0.5, 0.6) is 0 Å². The van der Waals surface area contributed by atoms with Gasteiger partial charge in [-0.2, -0.15) is 21.6 Å². The van der Waals surface area contributed by atoms with E-state index in [-0.39, 0.29) is 0 Å². The summed E-state index contributed by atoms with van der Waals surface area (Å²) in [5.74, 6) is 0. The van der Waals surface area contributed by atoms with E-state index in [1.165, 1.54) is 13.5 Å². The van der Waals surface area contributed by atoms with Crippen molar-refractivity contribution in [1.82, 2.24) is 4.72 Å². The molecule has 1 aliphatic rings. The molecule has 10 heteroatoms. The molecule has 0 aromatic rings. The van der Waals surface area contributed by atoms with Crippen LogP contribution in [0.2, 0.25) is 0 Å². The Morgan fingerprint density at radius 2 is 1.44 bits per heavy atom. The van der Waals surface area contributed by atoms with Gasteiger partial charge in [-0.25, -0.2) is 0 Å². The SMILES string of the molecule is CNS(=O)(=O)OC1(C)CCCCC1.O=S(=O)(Cl)Cl. The second-order valence-corrected chi connectivity index (χ2v) is 9.28. The minimum atomic E-state index is -3.72. The fourth-order valence-corrected chi connectivity index (χ4v) is 2.47. The summed E-state index contributed by atoms with van der Waals surface area (Å²) in [5.41, 5.74) is -0.486. The molecule has 0 radical (unpaired) electrons. The van der Waals surface area contributed by atoms with Gasteiger partial charge in [-0.15, -0.1) is 0 Å². The lowest BCUT2D eigenvalue weighted by molar-refractivity contribution is 0.0543. The van der Waals surface area contributed by atoms with Crippen molar-refractivity contribution in [3.63, 3.8) is 0 Å². The lowest BCUT2D eigenvalue weighted by Gasteiger charge is -2.32. The fourth-order valence-electron chi connectivity index (χ4n) is 1.69. The molecule has 18 heavy (non-hydrogen) atoms. The van der Waals surface area contributed by atoms with Gasteiger partial charge in [-0.1, -0.05) is 19.3 Å². The Labute approximate surface area is 117 Å². The second-order valence-electron chi connectivity index (χ2n) is 4.13. The number of hydrogen-bond acceptors (Lipinski definition) is 5. The lowest BCUT2D eigenvalue weighted by atomic mass is 9.87. The zero-order valence-electron chi connectivity index (χ0n) is 10.1. The van der Waals surface area contributed by atoms with Crippen LogP contribution in [0.1, 0.15) is 39.0 Å². The van der Waals surface area contributed by atoms with Crippen LogP contribution in [-0.4, -0.2) is 29.5 Å². The Bertz CT molecular complexity index is 434. The van der Waals surface area contributed by atoms with Crippen LogP contribution in [0.25, 0.3) is 0 Å². The highest BCUT2D eigenvalue weighted by Gasteiger charge is 2.32. The highest BCUT2D eigenvalue weighted by atomic mass is 36.0. The zero-order valence-corrected chi connectivity index (χ0v) is 13.3. The van der Waals surface area contributed by atoms with Crippen molar-refractivity contribution in [2.45, 2.75) is 44.6 Å². The molecule has 0 heterocycles. The number of nitrogens with one attached hydrogen (secondary N) is 1. The van der Waals surface area contributed by atoms with Crippen LogP contribution in [0.15, 0.2) is 0 Å². The minimum Gasteiger partial charge on any atom is -0.252 e. The molecule has 1 fully saturated rings. The first-order valence-corrected chi connectivity index (χ1v) is 9.80. The third-order valence-corrected chi connectivity index (χ3v) is 3.59. The third kappa shape index (κ3) is 10.3. The number of rotatable bonds is 3. The Morgan fingerprint density at radius 3 is 1.78 bits per heavy atom. The molecular formula is C8H17Cl2NO5S2. The van der Waals surface area contributed by atoms with Crippen LogP contribution in [-0.2, 0) is 22.8 Å². The van der Waals surface area contributed by atoms with Gasteiger partial charge in [0.25, 0.3) is 0 Å². The largest absolute Gasteiger partial charge is 0.336 e. The molecule has 1 N–H and O–H groups in total. The van der Waals surface area contributed by atoms with Crippen molar-refractivity contribution in [3.05, 3.63) is 0 Å². The maximum atomic E-state index is 11.1. The number of hydrogen-bond donors (Lipinski definition) is 1. The Hall–Kier alpha value is 0.400. The summed E-state index contributed by atoms with van der Waals surface area (Å²) in [5, 5.41) is 0. The second kappa shape index (κ2) is 7.25. The summed E-state index contributed by atoms with van der Waals surface area (Å²) >= 11 is 0. The molecular weight excluding hydrogens is 325 g/mol. The van der Waals surface area contributed by atoms with E-state index in [9.17, 15) is 8.42 Å². The van der Waals surface area contributed by atoms with Gasteiger partial charge < -0.3 is 0 Å². The van der Waals surface area contributed by atoms with E-state index in [1.54, 1.807) is 0 Å². The monoisotopic (exact) mass is 341 g/mol. The predicted octanol–water partition coefficient (Wildman–Crippen LogP) is 1.90. The molecule has 1 rings (SSSR count). The minimum absolute atomic E-state index is 0.486. The van der Waals surface area contributed by atoms with E-state index in [0.29, 0.717) is 0 Å². The van der Waals surface area contributed by atoms with E-state index in [2.05, 4.69) is 26.1 Å².